The Morgan fingerprint density at radius 1 is 1.17 bits per heavy atom. The largest absolute Gasteiger partial charge is 0.479 e. The summed E-state index contributed by atoms with van der Waals surface area (Å²) in [6.07, 6.45) is 3.73. The van der Waals surface area contributed by atoms with Gasteiger partial charge in [-0.05, 0) is 55.2 Å². The number of aliphatic carboxylic acids is 1. The van der Waals surface area contributed by atoms with Gasteiger partial charge < -0.3 is 15.7 Å². The number of nitrogens with zero attached hydrogens (tertiary/aromatic N) is 1. The highest BCUT2D eigenvalue weighted by Gasteiger charge is 2.60. The van der Waals surface area contributed by atoms with E-state index in [4.69, 9.17) is 5.26 Å². The quantitative estimate of drug-likeness (QED) is 0.751. The average Bonchev–Trinajstić information content (AvgIpc) is 3.39. The number of anilines is 1. The summed E-state index contributed by atoms with van der Waals surface area (Å²) in [7, 11) is 0. The van der Waals surface area contributed by atoms with Crippen LogP contribution in [-0.2, 0) is 11.2 Å². The molecule has 2 aliphatic carbocycles. The molecule has 1 aromatic carbocycles. The third-order valence-corrected chi connectivity index (χ3v) is 4.61. The van der Waals surface area contributed by atoms with E-state index < -0.39 is 17.5 Å². The number of carbonyl (C=O) groups is 2. The van der Waals surface area contributed by atoms with Crippen molar-refractivity contribution in [2.45, 2.75) is 37.6 Å². The van der Waals surface area contributed by atoms with Gasteiger partial charge in [0.2, 0.25) is 0 Å². The van der Waals surface area contributed by atoms with Crippen molar-refractivity contribution in [2.75, 3.05) is 5.32 Å². The number of urea groups is 1. The Hall–Kier alpha value is -2.55. The first-order valence-electron chi connectivity index (χ1n) is 7.84. The lowest BCUT2D eigenvalue weighted by atomic mass is 9.87. The predicted molar refractivity (Wildman–Crippen MR) is 83.7 cm³/mol. The van der Waals surface area contributed by atoms with E-state index in [-0.39, 0.29) is 11.8 Å². The second-order valence-electron chi connectivity index (χ2n) is 6.33. The van der Waals surface area contributed by atoms with Crippen LogP contribution in [0.15, 0.2) is 24.3 Å². The molecule has 6 nitrogen and oxygen atoms in total. The number of nitriles is 1. The highest BCUT2D eigenvalue weighted by molar-refractivity contribution is 5.94. The molecule has 0 saturated heterocycles. The van der Waals surface area contributed by atoms with Crippen LogP contribution >= 0.6 is 0 Å². The first kappa shape index (κ1) is 15.3. The molecule has 0 atom stereocenters. The number of hydrogen-bond acceptors (Lipinski definition) is 3. The smallest absolute Gasteiger partial charge is 0.330 e. The normalized spacial score (nSPS) is 17.2. The van der Waals surface area contributed by atoms with Crippen LogP contribution in [0.4, 0.5) is 10.5 Å². The summed E-state index contributed by atoms with van der Waals surface area (Å²) in [6, 6.07) is 8.54. The molecule has 23 heavy (non-hydrogen) atoms. The van der Waals surface area contributed by atoms with Crippen LogP contribution in [0.1, 0.15) is 31.2 Å². The number of hydrogen-bond donors (Lipinski definition) is 3. The van der Waals surface area contributed by atoms with Crippen molar-refractivity contribution in [1.82, 2.24) is 5.32 Å². The van der Waals surface area contributed by atoms with Gasteiger partial charge in [0.1, 0.15) is 5.54 Å². The Kier molecular flexibility index (Phi) is 3.95. The van der Waals surface area contributed by atoms with Crippen molar-refractivity contribution in [3.63, 3.8) is 0 Å². The molecule has 3 rings (SSSR count). The number of amides is 2. The molecule has 0 aliphatic heterocycles. The minimum atomic E-state index is -1.12. The van der Waals surface area contributed by atoms with Gasteiger partial charge in [-0.15, -0.1) is 0 Å². The zero-order valence-electron chi connectivity index (χ0n) is 12.7. The van der Waals surface area contributed by atoms with Crippen molar-refractivity contribution in [3.05, 3.63) is 29.8 Å². The fourth-order valence-corrected chi connectivity index (χ4v) is 3.16. The molecular weight excluding hydrogens is 294 g/mol. The monoisotopic (exact) mass is 313 g/mol. The molecule has 0 spiro atoms. The SMILES string of the molecule is N#CCc1ccc(NC(=O)NC(C(=O)O)(C2CC2)C2CC2)cc1. The molecule has 2 aliphatic rings. The van der Waals surface area contributed by atoms with Gasteiger partial charge in [0.05, 0.1) is 12.5 Å². The fraction of sp³-hybridized carbons (Fsp3) is 0.471. The number of carboxylic acid groups (broad SMARTS) is 1. The topological polar surface area (TPSA) is 102 Å². The Bertz CT molecular complexity index is 643. The molecule has 6 heteroatoms. The second kappa shape index (κ2) is 5.92. The predicted octanol–water partition coefficient (Wildman–Crippen LogP) is 2.52. The van der Waals surface area contributed by atoms with Crippen LogP contribution in [0.3, 0.4) is 0 Å². The van der Waals surface area contributed by atoms with Crippen LogP contribution in [0.25, 0.3) is 0 Å². The van der Waals surface area contributed by atoms with E-state index in [2.05, 4.69) is 16.7 Å². The van der Waals surface area contributed by atoms with Gasteiger partial charge in [0.25, 0.3) is 0 Å². The van der Waals surface area contributed by atoms with E-state index in [1.807, 2.05) is 0 Å². The van der Waals surface area contributed by atoms with Gasteiger partial charge in [-0.1, -0.05) is 12.1 Å². The van der Waals surface area contributed by atoms with Gasteiger partial charge >= 0.3 is 12.0 Å². The lowest BCUT2D eigenvalue weighted by Crippen LogP contribution is -2.59. The zero-order chi connectivity index (χ0) is 16.4. The standard InChI is InChI=1S/C17H19N3O3/c18-10-9-11-1-7-14(8-2-11)19-16(23)20-17(15(21)22,12-3-4-12)13-5-6-13/h1-2,7-8,12-13H,3-6,9H2,(H,21,22)(H2,19,20,23). The van der Waals surface area contributed by atoms with Crippen molar-refractivity contribution in [1.29, 1.82) is 5.26 Å². The summed E-state index contributed by atoms with van der Waals surface area (Å²) in [6.45, 7) is 0. The second-order valence-corrected chi connectivity index (χ2v) is 6.33. The summed E-state index contributed by atoms with van der Waals surface area (Å²) in [5.41, 5.74) is 0.328. The third kappa shape index (κ3) is 3.14. The molecule has 0 heterocycles. The zero-order valence-corrected chi connectivity index (χ0v) is 12.7. The number of carbonyl (C=O) groups excluding carboxylic acids is 1. The van der Waals surface area contributed by atoms with Crippen LogP contribution in [0.2, 0.25) is 0 Å². The van der Waals surface area contributed by atoms with E-state index in [0.29, 0.717) is 12.1 Å². The molecule has 3 N–H and O–H groups in total. The Morgan fingerprint density at radius 2 is 1.74 bits per heavy atom. The van der Waals surface area contributed by atoms with Crippen LogP contribution in [0.5, 0.6) is 0 Å². The molecule has 2 fully saturated rings. The lowest BCUT2D eigenvalue weighted by Gasteiger charge is -2.31. The van der Waals surface area contributed by atoms with Crippen LogP contribution in [0, 0.1) is 23.2 Å². The number of carboxylic acids is 1. The number of nitrogens with one attached hydrogen (secondary N) is 2. The maximum atomic E-state index is 12.3. The molecule has 0 aromatic heterocycles. The summed E-state index contributed by atoms with van der Waals surface area (Å²) >= 11 is 0. The van der Waals surface area contributed by atoms with E-state index in [9.17, 15) is 14.7 Å². The summed E-state index contributed by atoms with van der Waals surface area (Å²) in [5, 5.41) is 23.8. The van der Waals surface area contributed by atoms with Crippen LogP contribution in [-0.4, -0.2) is 22.6 Å². The summed E-state index contributed by atoms with van der Waals surface area (Å²) in [5.74, 6) is -0.852. The summed E-state index contributed by atoms with van der Waals surface area (Å²) in [4.78, 5) is 24.1. The first-order chi connectivity index (χ1) is 11.1. The highest BCUT2D eigenvalue weighted by Crippen LogP contribution is 2.52. The van der Waals surface area contributed by atoms with E-state index in [1.165, 1.54) is 0 Å². The molecule has 1 aromatic rings. The minimum absolute atomic E-state index is 0.0382. The van der Waals surface area contributed by atoms with Crippen molar-refractivity contribution in [2.24, 2.45) is 11.8 Å². The highest BCUT2D eigenvalue weighted by atomic mass is 16.4. The molecule has 0 unspecified atom stereocenters. The van der Waals surface area contributed by atoms with Crippen molar-refractivity contribution >= 4 is 17.7 Å². The van der Waals surface area contributed by atoms with E-state index in [1.54, 1.807) is 24.3 Å². The Morgan fingerprint density at radius 3 is 2.17 bits per heavy atom. The third-order valence-electron chi connectivity index (χ3n) is 4.61. The lowest BCUT2D eigenvalue weighted by molar-refractivity contribution is -0.146. The molecule has 120 valence electrons. The van der Waals surface area contributed by atoms with Gasteiger partial charge in [0, 0.05) is 5.69 Å². The minimum Gasteiger partial charge on any atom is -0.479 e. The maximum Gasteiger partial charge on any atom is 0.330 e. The van der Waals surface area contributed by atoms with Gasteiger partial charge in [-0.25, -0.2) is 9.59 Å². The Labute approximate surface area is 134 Å². The molecule has 2 saturated carbocycles. The van der Waals surface area contributed by atoms with Crippen molar-refractivity contribution < 1.29 is 14.7 Å². The number of rotatable bonds is 6. The van der Waals surface area contributed by atoms with Crippen LogP contribution < -0.4 is 10.6 Å². The molecule has 2 amide bonds. The average molecular weight is 313 g/mol. The van der Waals surface area contributed by atoms with Gasteiger partial charge in [-0.3, -0.25) is 0 Å². The molecule has 0 bridgehead atoms. The first-order valence-corrected chi connectivity index (χ1v) is 7.84. The molecule has 0 radical (unpaired) electrons. The van der Waals surface area contributed by atoms with Gasteiger partial charge in [-0.2, -0.15) is 5.26 Å². The van der Waals surface area contributed by atoms with E-state index in [0.717, 1.165) is 31.2 Å². The van der Waals surface area contributed by atoms with Crippen molar-refractivity contribution in [3.8, 4) is 6.07 Å². The maximum absolute atomic E-state index is 12.3. The number of benzene rings is 1. The molecular formula is C17H19N3O3. The fourth-order valence-electron chi connectivity index (χ4n) is 3.16. The van der Waals surface area contributed by atoms with Gasteiger partial charge in [0.15, 0.2) is 0 Å². The van der Waals surface area contributed by atoms with E-state index >= 15 is 0 Å². The summed E-state index contributed by atoms with van der Waals surface area (Å²) < 4.78 is 0. The Balaban J connectivity index is 1.68.